The molecule has 0 aliphatic heterocycles. The topological polar surface area (TPSA) is 36.7 Å². The molecule has 0 bridgehead atoms. The van der Waals surface area contributed by atoms with E-state index >= 15 is 0 Å². The molecule has 1 aromatic heterocycles. The SMILES string of the molecule is N#CC1CCCCC1Sc1ccc(C(F)(F)F)cn1. The van der Waals surface area contributed by atoms with Crippen molar-refractivity contribution in [1.82, 2.24) is 4.98 Å². The number of alkyl halides is 3. The lowest BCUT2D eigenvalue weighted by molar-refractivity contribution is -0.137. The lowest BCUT2D eigenvalue weighted by atomic mass is 9.90. The fourth-order valence-electron chi connectivity index (χ4n) is 2.16. The third kappa shape index (κ3) is 3.63. The smallest absolute Gasteiger partial charge is 0.249 e. The van der Waals surface area contributed by atoms with Gasteiger partial charge in [0.15, 0.2) is 0 Å². The van der Waals surface area contributed by atoms with E-state index in [1.807, 2.05) is 0 Å². The number of nitrogens with zero attached hydrogens (tertiary/aromatic N) is 2. The van der Waals surface area contributed by atoms with Crippen molar-refractivity contribution < 1.29 is 13.2 Å². The average molecular weight is 286 g/mol. The van der Waals surface area contributed by atoms with Gasteiger partial charge in [-0.05, 0) is 25.0 Å². The summed E-state index contributed by atoms with van der Waals surface area (Å²) in [6.45, 7) is 0. The molecule has 102 valence electrons. The predicted molar refractivity (Wildman–Crippen MR) is 66.5 cm³/mol. The van der Waals surface area contributed by atoms with Gasteiger partial charge in [-0.15, -0.1) is 11.8 Å². The summed E-state index contributed by atoms with van der Waals surface area (Å²) in [5, 5.41) is 9.76. The molecule has 2 atom stereocenters. The maximum atomic E-state index is 12.4. The molecule has 1 heterocycles. The van der Waals surface area contributed by atoms with Gasteiger partial charge >= 0.3 is 6.18 Å². The zero-order valence-corrected chi connectivity index (χ0v) is 11.0. The molecule has 2 rings (SSSR count). The Morgan fingerprint density at radius 3 is 2.58 bits per heavy atom. The fourth-order valence-corrected chi connectivity index (χ4v) is 3.37. The van der Waals surface area contributed by atoms with Gasteiger partial charge in [0, 0.05) is 11.4 Å². The van der Waals surface area contributed by atoms with Crippen molar-refractivity contribution in [3.8, 4) is 6.07 Å². The predicted octanol–water partition coefficient (Wildman–Crippen LogP) is 4.27. The molecule has 0 spiro atoms. The first-order valence-electron chi connectivity index (χ1n) is 6.10. The molecule has 0 radical (unpaired) electrons. The minimum Gasteiger partial charge on any atom is -0.249 e. The van der Waals surface area contributed by atoms with Gasteiger partial charge in [0.25, 0.3) is 0 Å². The van der Waals surface area contributed by atoms with Gasteiger partial charge in [-0.1, -0.05) is 12.8 Å². The van der Waals surface area contributed by atoms with Crippen LogP contribution in [0.3, 0.4) is 0 Å². The van der Waals surface area contributed by atoms with Gasteiger partial charge < -0.3 is 0 Å². The van der Waals surface area contributed by atoms with Crippen LogP contribution in [-0.2, 0) is 6.18 Å². The van der Waals surface area contributed by atoms with Crippen LogP contribution in [0.25, 0.3) is 0 Å². The Hall–Kier alpha value is -1.22. The normalized spacial score (nSPS) is 23.9. The molecule has 19 heavy (non-hydrogen) atoms. The van der Waals surface area contributed by atoms with E-state index < -0.39 is 11.7 Å². The molecular weight excluding hydrogens is 273 g/mol. The summed E-state index contributed by atoms with van der Waals surface area (Å²) < 4.78 is 37.2. The maximum Gasteiger partial charge on any atom is 0.417 e. The van der Waals surface area contributed by atoms with Crippen LogP contribution in [-0.4, -0.2) is 10.2 Å². The first kappa shape index (κ1) is 14.2. The van der Waals surface area contributed by atoms with Crippen LogP contribution in [0.1, 0.15) is 31.2 Å². The number of pyridine rings is 1. The molecular formula is C13H13F3N2S. The van der Waals surface area contributed by atoms with Crippen LogP contribution in [0.15, 0.2) is 23.4 Å². The molecule has 6 heteroatoms. The molecule has 0 amide bonds. The summed E-state index contributed by atoms with van der Waals surface area (Å²) >= 11 is 1.42. The molecule has 0 aromatic carbocycles. The highest BCUT2D eigenvalue weighted by Crippen LogP contribution is 2.37. The molecule has 1 fully saturated rings. The Morgan fingerprint density at radius 1 is 1.26 bits per heavy atom. The first-order valence-corrected chi connectivity index (χ1v) is 6.98. The van der Waals surface area contributed by atoms with Crippen LogP contribution in [0.4, 0.5) is 13.2 Å². The molecule has 1 aromatic rings. The van der Waals surface area contributed by atoms with E-state index in [0.717, 1.165) is 37.9 Å². The van der Waals surface area contributed by atoms with Crippen LogP contribution in [0.2, 0.25) is 0 Å². The maximum absolute atomic E-state index is 12.4. The number of hydrogen-bond acceptors (Lipinski definition) is 3. The molecule has 1 aliphatic rings. The van der Waals surface area contributed by atoms with Crippen molar-refractivity contribution in [3.05, 3.63) is 23.9 Å². The zero-order chi connectivity index (χ0) is 13.9. The van der Waals surface area contributed by atoms with E-state index in [9.17, 15) is 13.2 Å². The third-order valence-electron chi connectivity index (χ3n) is 3.20. The summed E-state index contributed by atoms with van der Waals surface area (Å²) in [7, 11) is 0. The van der Waals surface area contributed by atoms with Crippen LogP contribution >= 0.6 is 11.8 Å². The number of rotatable bonds is 2. The molecule has 0 saturated heterocycles. The minimum absolute atomic E-state index is 0.0251. The summed E-state index contributed by atoms with van der Waals surface area (Å²) in [5.74, 6) is -0.0251. The highest BCUT2D eigenvalue weighted by Gasteiger charge is 2.31. The van der Waals surface area contributed by atoms with Crippen molar-refractivity contribution in [3.63, 3.8) is 0 Å². The number of nitriles is 1. The highest BCUT2D eigenvalue weighted by molar-refractivity contribution is 7.99. The Labute approximate surface area is 114 Å². The largest absolute Gasteiger partial charge is 0.417 e. The molecule has 0 N–H and O–H groups in total. The van der Waals surface area contributed by atoms with Crippen molar-refractivity contribution in [2.75, 3.05) is 0 Å². The Morgan fingerprint density at radius 2 is 2.00 bits per heavy atom. The summed E-state index contributed by atoms with van der Waals surface area (Å²) in [5.41, 5.74) is -0.739. The van der Waals surface area contributed by atoms with E-state index in [2.05, 4.69) is 11.1 Å². The van der Waals surface area contributed by atoms with E-state index in [1.165, 1.54) is 17.8 Å². The van der Waals surface area contributed by atoms with Gasteiger partial charge in [-0.25, -0.2) is 4.98 Å². The van der Waals surface area contributed by atoms with E-state index in [1.54, 1.807) is 0 Å². The summed E-state index contributed by atoms with van der Waals surface area (Å²) in [6, 6.07) is 4.71. The molecule has 2 unspecified atom stereocenters. The Balaban J connectivity index is 2.05. The second kappa shape index (κ2) is 5.83. The first-order chi connectivity index (χ1) is 9.00. The molecule has 1 saturated carbocycles. The summed E-state index contributed by atoms with van der Waals surface area (Å²) in [6.07, 6.45) is 0.412. The monoisotopic (exact) mass is 286 g/mol. The van der Waals surface area contributed by atoms with E-state index in [-0.39, 0.29) is 11.2 Å². The lowest BCUT2D eigenvalue weighted by Crippen LogP contribution is -2.20. The van der Waals surface area contributed by atoms with E-state index in [4.69, 9.17) is 5.26 Å². The standard InChI is InChI=1S/C13H13F3N2S/c14-13(15,16)10-5-6-12(18-8-10)19-11-4-2-1-3-9(11)7-17/h5-6,8-9,11H,1-4H2. The Bertz CT molecular complexity index is 464. The van der Waals surface area contributed by atoms with Gasteiger partial charge in [0.05, 0.1) is 22.6 Å². The molecule has 1 aliphatic carbocycles. The highest BCUT2D eigenvalue weighted by atomic mass is 32.2. The number of hydrogen-bond donors (Lipinski definition) is 0. The quantitative estimate of drug-likeness (QED) is 0.814. The number of thioether (sulfide) groups is 1. The van der Waals surface area contributed by atoms with Crippen molar-refractivity contribution in [2.45, 2.75) is 42.1 Å². The summed E-state index contributed by atoms with van der Waals surface area (Å²) in [4.78, 5) is 3.84. The van der Waals surface area contributed by atoms with Crippen molar-refractivity contribution in [1.29, 1.82) is 5.26 Å². The van der Waals surface area contributed by atoms with Crippen LogP contribution in [0, 0.1) is 17.2 Å². The zero-order valence-electron chi connectivity index (χ0n) is 10.2. The second-order valence-corrected chi connectivity index (χ2v) is 5.82. The Kier molecular flexibility index (Phi) is 4.35. The minimum atomic E-state index is -4.35. The number of aromatic nitrogens is 1. The fraction of sp³-hybridized carbons (Fsp3) is 0.538. The third-order valence-corrected chi connectivity index (χ3v) is 4.55. The van der Waals surface area contributed by atoms with E-state index in [0.29, 0.717) is 5.03 Å². The van der Waals surface area contributed by atoms with Gasteiger partial charge in [0.1, 0.15) is 0 Å². The van der Waals surface area contributed by atoms with Crippen LogP contribution in [0.5, 0.6) is 0 Å². The lowest BCUT2D eigenvalue weighted by Gasteiger charge is -2.25. The number of halogens is 3. The second-order valence-electron chi connectivity index (χ2n) is 4.56. The van der Waals surface area contributed by atoms with Gasteiger partial charge in [0.2, 0.25) is 0 Å². The van der Waals surface area contributed by atoms with Gasteiger partial charge in [-0.3, -0.25) is 0 Å². The van der Waals surface area contributed by atoms with Crippen LogP contribution < -0.4 is 0 Å². The average Bonchev–Trinajstić information content (AvgIpc) is 2.39. The van der Waals surface area contributed by atoms with Crippen molar-refractivity contribution in [2.24, 2.45) is 5.92 Å². The van der Waals surface area contributed by atoms with Gasteiger partial charge in [-0.2, -0.15) is 18.4 Å². The molecule has 2 nitrogen and oxygen atoms in total. The van der Waals surface area contributed by atoms with Crippen molar-refractivity contribution >= 4 is 11.8 Å².